The van der Waals surface area contributed by atoms with Crippen LogP contribution in [0.25, 0.3) is 22.0 Å². The van der Waals surface area contributed by atoms with E-state index < -0.39 is 0 Å². The summed E-state index contributed by atoms with van der Waals surface area (Å²) in [7, 11) is 0. The molecule has 1 aromatic heterocycles. The molecule has 0 bridgehead atoms. The Balaban J connectivity index is 2.13. The van der Waals surface area contributed by atoms with Gasteiger partial charge in [0, 0.05) is 24.0 Å². The first-order valence-electron chi connectivity index (χ1n) is 7.71. The van der Waals surface area contributed by atoms with Gasteiger partial charge in [0.25, 0.3) is 5.91 Å². The number of aryl methyl sites for hydroxylation is 1. The van der Waals surface area contributed by atoms with E-state index in [0.717, 1.165) is 27.6 Å². The number of rotatable bonds is 1. The van der Waals surface area contributed by atoms with Crippen LogP contribution < -0.4 is 5.32 Å². The average molecular weight is 319 g/mol. The largest absolute Gasteiger partial charge is 0.349 e. The number of hydrogen-bond donors (Lipinski definition) is 1. The standard InChI is InChI=1S/C19H14FN3O/c1-11-15-8-12(10-21)9-16(13-2-4-14(20)5-3-13)18(15)23-7-6-22-19(24)17(11)23/h2-5,8-9H,6-7H2,1H3,(H,22,24). The van der Waals surface area contributed by atoms with Crippen molar-refractivity contribution in [3.8, 4) is 17.2 Å². The van der Waals surface area contributed by atoms with Gasteiger partial charge in [-0.15, -0.1) is 0 Å². The summed E-state index contributed by atoms with van der Waals surface area (Å²) in [5, 5.41) is 13.1. The van der Waals surface area contributed by atoms with Gasteiger partial charge in [0.2, 0.25) is 0 Å². The molecular formula is C19H14FN3O. The van der Waals surface area contributed by atoms with Crippen molar-refractivity contribution < 1.29 is 9.18 Å². The van der Waals surface area contributed by atoms with Gasteiger partial charge in [-0.3, -0.25) is 4.79 Å². The van der Waals surface area contributed by atoms with E-state index >= 15 is 0 Å². The molecule has 4 rings (SSSR count). The Morgan fingerprint density at radius 2 is 2.00 bits per heavy atom. The van der Waals surface area contributed by atoms with E-state index in [0.29, 0.717) is 24.3 Å². The molecule has 0 spiro atoms. The van der Waals surface area contributed by atoms with Gasteiger partial charge in [0.15, 0.2) is 0 Å². The lowest BCUT2D eigenvalue weighted by molar-refractivity contribution is 0.0928. The van der Waals surface area contributed by atoms with Gasteiger partial charge in [-0.2, -0.15) is 5.26 Å². The lowest BCUT2D eigenvalue weighted by Crippen LogP contribution is -2.35. The van der Waals surface area contributed by atoms with Crippen molar-refractivity contribution in [2.24, 2.45) is 0 Å². The van der Waals surface area contributed by atoms with E-state index in [2.05, 4.69) is 11.4 Å². The van der Waals surface area contributed by atoms with Crippen molar-refractivity contribution in [3.05, 3.63) is 59.0 Å². The highest BCUT2D eigenvalue weighted by atomic mass is 19.1. The Bertz CT molecular complexity index is 1030. The summed E-state index contributed by atoms with van der Waals surface area (Å²) < 4.78 is 15.3. The fourth-order valence-electron chi connectivity index (χ4n) is 3.45. The normalized spacial score (nSPS) is 13.5. The number of carbonyl (C=O) groups excluding carboxylic acids is 1. The molecule has 5 heteroatoms. The summed E-state index contributed by atoms with van der Waals surface area (Å²) in [6.45, 7) is 3.14. The minimum absolute atomic E-state index is 0.0986. The highest BCUT2D eigenvalue weighted by Crippen LogP contribution is 2.36. The molecule has 0 aliphatic carbocycles. The Labute approximate surface area is 138 Å². The van der Waals surface area contributed by atoms with Crippen molar-refractivity contribution in [1.29, 1.82) is 5.26 Å². The zero-order valence-corrected chi connectivity index (χ0v) is 13.1. The van der Waals surface area contributed by atoms with Gasteiger partial charge in [0.1, 0.15) is 11.5 Å². The van der Waals surface area contributed by atoms with Crippen molar-refractivity contribution in [1.82, 2.24) is 9.88 Å². The van der Waals surface area contributed by atoms with Gasteiger partial charge in [0.05, 0.1) is 17.1 Å². The molecule has 0 unspecified atom stereocenters. The van der Waals surface area contributed by atoms with E-state index in [1.54, 1.807) is 18.2 Å². The van der Waals surface area contributed by atoms with E-state index in [-0.39, 0.29) is 11.7 Å². The zero-order valence-electron chi connectivity index (χ0n) is 13.1. The molecule has 0 fully saturated rings. The molecule has 1 N–H and O–H groups in total. The molecule has 1 aliphatic rings. The second-order valence-electron chi connectivity index (χ2n) is 5.92. The summed E-state index contributed by atoms with van der Waals surface area (Å²) in [4.78, 5) is 12.3. The maximum absolute atomic E-state index is 13.3. The van der Waals surface area contributed by atoms with E-state index in [1.165, 1.54) is 12.1 Å². The van der Waals surface area contributed by atoms with Crippen LogP contribution in [0.5, 0.6) is 0 Å². The number of nitrogens with one attached hydrogen (secondary N) is 1. The van der Waals surface area contributed by atoms with Crippen LogP contribution in [0.1, 0.15) is 21.6 Å². The minimum Gasteiger partial charge on any atom is -0.349 e. The lowest BCUT2D eigenvalue weighted by Gasteiger charge is -2.18. The summed E-state index contributed by atoms with van der Waals surface area (Å²) in [6, 6.07) is 12.0. The van der Waals surface area contributed by atoms with E-state index in [4.69, 9.17) is 0 Å². The molecule has 118 valence electrons. The number of nitriles is 1. The van der Waals surface area contributed by atoms with Crippen LogP contribution in [0.15, 0.2) is 36.4 Å². The van der Waals surface area contributed by atoms with Crippen molar-refractivity contribution in [2.45, 2.75) is 13.5 Å². The maximum atomic E-state index is 13.3. The number of benzene rings is 2. The van der Waals surface area contributed by atoms with Gasteiger partial charge < -0.3 is 9.88 Å². The third-order valence-corrected chi connectivity index (χ3v) is 4.53. The van der Waals surface area contributed by atoms with Crippen molar-refractivity contribution >= 4 is 16.8 Å². The molecule has 0 atom stereocenters. The molecule has 2 aromatic carbocycles. The quantitative estimate of drug-likeness (QED) is 0.747. The van der Waals surface area contributed by atoms with Crippen LogP contribution in [0.4, 0.5) is 4.39 Å². The first-order chi connectivity index (χ1) is 11.6. The Morgan fingerprint density at radius 3 is 2.71 bits per heavy atom. The summed E-state index contributed by atoms with van der Waals surface area (Å²) >= 11 is 0. The summed E-state index contributed by atoms with van der Waals surface area (Å²) in [5.74, 6) is -0.405. The monoisotopic (exact) mass is 319 g/mol. The fourth-order valence-corrected chi connectivity index (χ4v) is 3.45. The molecular weight excluding hydrogens is 305 g/mol. The van der Waals surface area contributed by atoms with Crippen LogP contribution in [-0.2, 0) is 6.54 Å². The smallest absolute Gasteiger partial charge is 0.268 e. The van der Waals surface area contributed by atoms with Gasteiger partial charge in [-0.1, -0.05) is 12.1 Å². The summed E-state index contributed by atoms with van der Waals surface area (Å²) in [5.41, 5.74) is 4.60. The number of fused-ring (bicyclic) bond motifs is 3. The lowest BCUT2D eigenvalue weighted by atomic mass is 9.99. The molecule has 0 saturated carbocycles. The topological polar surface area (TPSA) is 57.8 Å². The maximum Gasteiger partial charge on any atom is 0.268 e. The first kappa shape index (κ1) is 14.5. The minimum atomic E-state index is -0.306. The highest BCUT2D eigenvalue weighted by molar-refractivity contribution is 6.06. The van der Waals surface area contributed by atoms with Crippen molar-refractivity contribution in [2.75, 3.05) is 6.54 Å². The number of aromatic nitrogens is 1. The fraction of sp³-hybridized carbons (Fsp3) is 0.158. The molecule has 4 nitrogen and oxygen atoms in total. The van der Waals surface area contributed by atoms with Gasteiger partial charge >= 0.3 is 0 Å². The second-order valence-corrected chi connectivity index (χ2v) is 5.92. The van der Waals surface area contributed by atoms with Crippen LogP contribution >= 0.6 is 0 Å². The first-order valence-corrected chi connectivity index (χ1v) is 7.71. The Kier molecular flexibility index (Phi) is 3.14. The molecule has 3 aromatic rings. The van der Waals surface area contributed by atoms with Crippen LogP contribution in [-0.4, -0.2) is 17.0 Å². The molecule has 2 heterocycles. The molecule has 1 aliphatic heterocycles. The number of carbonyl (C=O) groups is 1. The second kappa shape index (κ2) is 5.20. The highest BCUT2D eigenvalue weighted by Gasteiger charge is 2.25. The van der Waals surface area contributed by atoms with E-state index in [9.17, 15) is 14.4 Å². The molecule has 0 radical (unpaired) electrons. The predicted octanol–water partition coefficient (Wildman–Crippen LogP) is 3.37. The van der Waals surface area contributed by atoms with E-state index in [1.807, 2.05) is 17.6 Å². The van der Waals surface area contributed by atoms with Crippen molar-refractivity contribution in [3.63, 3.8) is 0 Å². The molecule has 24 heavy (non-hydrogen) atoms. The van der Waals surface area contributed by atoms with Gasteiger partial charge in [-0.05, 0) is 42.3 Å². The average Bonchev–Trinajstić information content (AvgIpc) is 2.89. The van der Waals surface area contributed by atoms with Crippen LogP contribution in [0.2, 0.25) is 0 Å². The number of nitrogens with zero attached hydrogens (tertiary/aromatic N) is 2. The third kappa shape index (κ3) is 2.00. The molecule has 1 amide bonds. The number of amides is 1. The number of hydrogen-bond acceptors (Lipinski definition) is 2. The SMILES string of the molecule is Cc1c2n(c3c(-c4ccc(F)cc4)cc(C#N)cc13)CCNC2=O. The van der Waals surface area contributed by atoms with Gasteiger partial charge in [-0.25, -0.2) is 4.39 Å². The predicted molar refractivity (Wildman–Crippen MR) is 89.1 cm³/mol. The van der Waals surface area contributed by atoms with Crippen LogP contribution in [0.3, 0.4) is 0 Å². The summed E-state index contributed by atoms with van der Waals surface area (Å²) in [6.07, 6.45) is 0. The molecule has 0 saturated heterocycles. The zero-order chi connectivity index (χ0) is 16.8. The Hall–Kier alpha value is -3.13. The van der Waals surface area contributed by atoms with Crippen LogP contribution in [0, 0.1) is 24.1 Å². The third-order valence-electron chi connectivity index (χ3n) is 4.53. The number of halogens is 1. The Morgan fingerprint density at radius 1 is 1.25 bits per heavy atom.